The number of hydrogen-bond acceptors (Lipinski definition) is 3. The second-order valence-electron chi connectivity index (χ2n) is 8.07. The summed E-state index contributed by atoms with van der Waals surface area (Å²) >= 11 is 0. The van der Waals surface area contributed by atoms with Crippen molar-refractivity contribution in [1.29, 1.82) is 0 Å². The molecule has 0 aliphatic rings. The third-order valence-corrected chi connectivity index (χ3v) is 5.71. The number of carbonyl (C=O) groups excluding carboxylic acids is 1. The molecule has 6 heteroatoms. The molecule has 0 radical (unpaired) electrons. The summed E-state index contributed by atoms with van der Waals surface area (Å²) in [5.41, 5.74) is 5.03. The highest BCUT2D eigenvalue weighted by Gasteiger charge is 2.16. The van der Waals surface area contributed by atoms with Gasteiger partial charge in [-0.25, -0.2) is 9.67 Å². The van der Waals surface area contributed by atoms with Crippen LogP contribution in [0, 0.1) is 0 Å². The van der Waals surface area contributed by atoms with Crippen LogP contribution in [0.1, 0.15) is 17.8 Å². The lowest BCUT2D eigenvalue weighted by molar-refractivity contribution is -0.130. The lowest BCUT2D eigenvalue weighted by atomic mass is 10.2. The van der Waals surface area contributed by atoms with Crippen molar-refractivity contribution in [1.82, 2.24) is 24.2 Å². The number of rotatable bonds is 7. The van der Waals surface area contributed by atoms with Gasteiger partial charge in [-0.1, -0.05) is 48.5 Å². The first-order chi connectivity index (χ1) is 16.2. The Hall–Kier alpha value is -4.19. The Morgan fingerprint density at radius 1 is 0.879 bits per heavy atom. The molecule has 6 nitrogen and oxygen atoms in total. The molecule has 0 bridgehead atoms. The van der Waals surface area contributed by atoms with E-state index in [1.54, 1.807) is 4.90 Å². The van der Waals surface area contributed by atoms with E-state index >= 15 is 0 Å². The maximum absolute atomic E-state index is 12.9. The largest absolute Gasteiger partial charge is 0.341 e. The predicted octanol–water partition coefficient (Wildman–Crippen LogP) is 4.80. The molecule has 3 aromatic carbocycles. The third kappa shape index (κ3) is 4.41. The van der Waals surface area contributed by atoms with E-state index in [1.807, 2.05) is 90.9 Å². The van der Waals surface area contributed by atoms with Crippen molar-refractivity contribution in [2.24, 2.45) is 0 Å². The Kier molecular flexibility index (Phi) is 5.72. The van der Waals surface area contributed by atoms with Gasteiger partial charge in [0.05, 0.1) is 22.9 Å². The molecular weight excluding hydrogens is 410 g/mol. The Bertz CT molecular complexity index is 1370. The number of hydrogen-bond donors (Lipinski definition) is 0. The molecule has 2 heterocycles. The first kappa shape index (κ1) is 20.7. The van der Waals surface area contributed by atoms with E-state index in [-0.39, 0.29) is 5.91 Å². The molecule has 33 heavy (non-hydrogen) atoms. The highest BCUT2D eigenvalue weighted by molar-refractivity contribution is 5.79. The molecular formula is C27H25N5O. The number of imidazole rings is 1. The van der Waals surface area contributed by atoms with E-state index in [0.717, 1.165) is 33.8 Å². The van der Waals surface area contributed by atoms with E-state index in [0.29, 0.717) is 19.4 Å². The van der Waals surface area contributed by atoms with Crippen LogP contribution in [-0.4, -0.2) is 37.2 Å². The van der Waals surface area contributed by atoms with Crippen molar-refractivity contribution in [3.63, 3.8) is 0 Å². The first-order valence-corrected chi connectivity index (χ1v) is 11.0. The van der Waals surface area contributed by atoms with Gasteiger partial charge in [-0.15, -0.1) is 0 Å². The molecule has 5 rings (SSSR count). The standard InChI is InChI=1S/C27H25N5O/c1-30(19-21-18-28-31(20-21)22-10-4-2-5-11-22)27(33)17-16-26-29-24-14-8-9-15-25(24)32(26)23-12-6-3-7-13-23/h2-15,18,20H,16-17,19H2,1H3. The van der Waals surface area contributed by atoms with E-state index in [1.165, 1.54) is 0 Å². The van der Waals surface area contributed by atoms with Gasteiger partial charge in [0.1, 0.15) is 5.82 Å². The van der Waals surface area contributed by atoms with Crippen molar-refractivity contribution < 1.29 is 4.79 Å². The molecule has 164 valence electrons. The monoisotopic (exact) mass is 435 g/mol. The van der Waals surface area contributed by atoms with Crippen LogP contribution in [0.3, 0.4) is 0 Å². The topological polar surface area (TPSA) is 56.0 Å². The van der Waals surface area contributed by atoms with Crippen LogP contribution in [0.5, 0.6) is 0 Å². The van der Waals surface area contributed by atoms with E-state index in [9.17, 15) is 4.79 Å². The van der Waals surface area contributed by atoms with Gasteiger partial charge < -0.3 is 4.90 Å². The van der Waals surface area contributed by atoms with Gasteiger partial charge in [0.2, 0.25) is 5.91 Å². The lowest BCUT2D eigenvalue weighted by Gasteiger charge is -2.16. The van der Waals surface area contributed by atoms with Crippen LogP contribution in [0.15, 0.2) is 97.3 Å². The highest BCUT2D eigenvalue weighted by atomic mass is 16.2. The maximum Gasteiger partial charge on any atom is 0.223 e. The zero-order valence-corrected chi connectivity index (χ0v) is 18.5. The molecule has 2 aromatic heterocycles. The van der Waals surface area contributed by atoms with Crippen LogP contribution in [0.25, 0.3) is 22.4 Å². The van der Waals surface area contributed by atoms with Crippen LogP contribution < -0.4 is 0 Å². The minimum absolute atomic E-state index is 0.0779. The minimum Gasteiger partial charge on any atom is -0.341 e. The number of amides is 1. The summed E-state index contributed by atoms with van der Waals surface area (Å²) in [6, 6.07) is 28.2. The van der Waals surface area contributed by atoms with E-state index < -0.39 is 0 Å². The van der Waals surface area contributed by atoms with Gasteiger partial charge in [0.15, 0.2) is 0 Å². The zero-order valence-electron chi connectivity index (χ0n) is 18.5. The molecule has 1 amide bonds. The number of nitrogens with zero attached hydrogens (tertiary/aromatic N) is 5. The molecule has 0 N–H and O–H groups in total. The summed E-state index contributed by atoms with van der Waals surface area (Å²) < 4.78 is 3.97. The summed E-state index contributed by atoms with van der Waals surface area (Å²) in [4.78, 5) is 19.5. The highest BCUT2D eigenvalue weighted by Crippen LogP contribution is 2.22. The van der Waals surface area contributed by atoms with Crippen LogP contribution in [0.4, 0.5) is 0 Å². The number of para-hydroxylation sites is 4. The number of aryl methyl sites for hydroxylation is 1. The molecule has 0 saturated heterocycles. The minimum atomic E-state index is 0.0779. The van der Waals surface area contributed by atoms with Crippen molar-refractivity contribution in [3.05, 3.63) is 109 Å². The Morgan fingerprint density at radius 2 is 1.55 bits per heavy atom. The fraction of sp³-hybridized carbons (Fsp3) is 0.148. The van der Waals surface area contributed by atoms with E-state index in [2.05, 4.69) is 27.9 Å². The maximum atomic E-state index is 12.9. The summed E-state index contributed by atoms with van der Waals surface area (Å²) in [6.07, 6.45) is 4.73. The Balaban J connectivity index is 1.29. The van der Waals surface area contributed by atoms with E-state index in [4.69, 9.17) is 4.98 Å². The SMILES string of the molecule is CN(Cc1cnn(-c2ccccc2)c1)C(=O)CCc1nc2ccccc2n1-c1ccccc1. The molecule has 0 saturated carbocycles. The third-order valence-electron chi connectivity index (χ3n) is 5.71. The van der Waals surface area contributed by atoms with Crippen molar-refractivity contribution in [3.8, 4) is 11.4 Å². The molecule has 0 fully saturated rings. The average molecular weight is 436 g/mol. The van der Waals surface area contributed by atoms with Gasteiger partial charge in [-0.3, -0.25) is 9.36 Å². The van der Waals surface area contributed by atoms with Crippen molar-refractivity contribution >= 4 is 16.9 Å². The van der Waals surface area contributed by atoms with Crippen molar-refractivity contribution in [2.75, 3.05) is 7.05 Å². The second kappa shape index (κ2) is 9.12. The average Bonchev–Trinajstić information content (AvgIpc) is 3.48. The molecule has 0 aliphatic heterocycles. The number of fused-ring (bicyclic) bond motifs is 1. The van der Waals surface area contributed by atoms with Gasteiger partial charge in [-0.05, 0) is 36.4 Å². The molecule has 5 aromatic rings. The Morgan fingerprint density at radius 3 is 2.30 bits per heavy atom. The number of aromatic nitrogens is 4. The van der Waals surface area contributed by atoms with Crippen LogP contribution >= 0.6 is 0 Å². The van der Waals surface area contributed by atoms with Crippen LogP contribution in [0.2, 0.25) is 0 Å². The van der Waals surface area contributed by atoms with Crippen molar-refractivity contribution in [2.45, 2.75) is 19.4 Å². The number of benzene rings is 3. The Labute approximate surface area is 192 Å². The van der Waals surface area contributed by atoms with Gasteiger partial charge in [-0.2, -0.15) is 5.10 Å². The summed E-state index contributed by atoms with van der Waals surface area (Å²) in [6.45, 7) is 0.515. The molecule has 0 unspecified atom stereocenters. The quantitative estimate of drug-likeness (QED) is 0.369. The number of carbonyl (C=O) groups is 1. The van der Waals surface area contributed by atoms with Gasteiger partial charge in [0, 0.05) is 43.9 Å². The molecule has 0 spiro atoms. The van der Waals surface area contributed by atoms with Gasteiger partial charge >= 0.3 is 0 Å². The van der Waals surface area contributed by atoms with Gasteiger partial charge in [0.25, 0.3) is 0 Å². The molecule has 0 aliphatic carbocycles. The summed E-state index contributed by atoms with van der Waals surface area (Å²) in [7, 11) is 1.84. The zero-order chi connectivity index (χ0) is 22.6. The fourth-order valence-corrected chi connectivity index (χ4v) is 4.04. The fourth-order valence-electron chi connectivity index (χ4n) is 4.04. The second-order valence-corrected chi connectivity index (χ2v) is 8.07. The smallest absolute Gasteiger partial charge is 0.223 e. The summed E-state index contributed by atoms with van der Waals surface area (Å²) in [5, 5.41) is 4.43. The normalized spacial score (nSPS) is 11.1. The summed E-state index contributed by atoms with van der Waals surface area (Å²) in [5.74, 6) is 0.968. The predicted molar refractivity (Wildman–Crippen MR) is 129 cm³/mol. The lowest BCUT2D eigenvalue weighted by Crippen LogP contribution is -2.26. The van der Waals surface area contributed by atoms with Crippen LogP contribution in [-0.2, 0) is 17.8 Å². The molecule has 0 atom stereocenters. The first-order valence-electron chi connectivity index (χ1n) is 11.0.